The number of nitrogens with one attached hydrogen (secondary N) is 3. The Morgan fingerprint density at radius 3 is 0.882 bits per heavy atom. The van der Waals surface area contributed by atoms with Gasteiger partial charge in [-0.1, -0.05) is 54.2 Å². The van der Waals surface area contributed by atoms with Gasteiger partial charge in [-0.15, -0.1) is 0 Å². The molecule has 0 heterocycles. The molecular formula is C75H128Cl2N4O29. The van der Waals surface area contributed by atoms with Gasteiger partial charge in [0.15, 0.2) is 0 Å². The second kappa shape index (κ2) is 75.0. The SMILES string of the molecule is NCCOCCOCCOCCOCCOCCOCCOCCOCCOCCOCCOCCOCCOCCOCCOCCOCCOCCOCCOCCOCCOCCOCCOCCOCCC(=O)NCCC1(C(=O)N[C@@H](Cc2ccc(NC(=O)c3c(Cl)cccc3Cl)cc2)C(=O)O)CCCC1. The van der Waals surface area contributed by atoms with E-state index < -0.39 is 23.3 Å². The molecule has 0 aromatic heterocycles. The third kappa shape index (κ3) is 58.7. The lowest BCUT2D eigenvalue weighted by Gasteiger charge is -2.29. The highest BCUT2D eigenvalue weighted by atomic mass is 35.5. The summed E-state index contributed by atoms with van der Waals surface area (Å²) in [6, 6.07) is 10.2. The molecule has 3 rings (SSSR count). The third-order valence-electron chi connectivity index (χ3n) is 15.7. The van der Waals surface area contributed by atoms with E-state index in [1.807, 2.05) is 0 Å². The third-order valence-corrected chi connectivity index (χ3v) is 16.3. The summed E-state index contributed by atoms with van der Waals surface area (Å²) in [5, 5.41) is 18.8. The van der Waals surface area contributed by atoms with Gasteiger partial charge in [0, 0.05) is 31.6 Å². The summed E-state index contributed by atoms with van der Waals surface area (Å²) in [6.07, 6.45) is 3.38. The second-order valence-electron chi connectivity index (χ2n) is 24.1. The van der Waals surface area contributed by atoms with E-state index in [4.69, 9.17) is 143 Å². The molecule has 0 radical (unpaired) electrons. The minimum Gasteiger partial charge on any atom is -0.480 e. The van der Waals surface area contributed by atoms with Gasteiger partial charge in [0.2, 0.25) is 11.8 Å². The summed E-state index contributed by atoms with van der Waals surface area (Å²) in [6.45, 7) is 22.9. The van der Waals surface area contributed by atoms with Crippen LogP contribution in [0.15, 0.2) is 42.5 Å². The Bertz CT molecular complexity index is 2440. The van der Waals surface area contributed by atoms with Crippen molar-refractivity contribution in [1.82, 2.24) is 10.6 Å². The van der Waals surface area contributed by atoms with Gasteiger partial charge < -0.3 is 140 Å². The van der Waals surface area contributed by atoms with E-state index in [1.54, 1.807) is 42.5 Å². The molecule has 0 spiro atoms. The van der Waals surface area contributed by atoms with E-state index in [0.29, 0.717) is 348 Å². The Labute approximate surface area is 659 Å². The van der Waals surface area contributed by atoms with Crippen molar-refractivity contribution in [1.29, 1.82) is 0 Å². The normalized spacial score (nSPS) is 13.0. The van der Waals surface area contributed by atoms with Crippen LogP contribution in [0.1, 0.15) is 54.4 Å². The van der Waals surface area contributed by atoms with Gasteiger partial charge in [-0.25, -0.2) is 4.79 Å². The molecule has 636 valence electrons. The van der Waals surface area contributed by atoms with Gasteiger partial charge in [0.1, 0.15) is 6.04 Å². The van der Waals surface area contributed by atoms with Gasteiger partial charge >= 0.3 is 5.97 Å². The fourth-order valence-electron chi connectivity index (χ4n) is 9.96. The summed E-state index contributed by atoms with van der Waals surface area (Å²) >= 11 is 12.3. The molecule has 6 N–H and O–H groups in total. The van der Waals surface area contributed by atoms with Crippen molar-refractivity contribution in [3.8, 4) is 0 Å². The maximum atomic E-state index is 13.7. The fourth-order valence-corrected chi connectivity index (χ4v) is 10.5. The van der Waals surface area contributed by atoms with Crippen molar-refractivity contribution in [3.63, 3.8) is 0 Å². The molecule has 1 fully saturated rings. The lowest BCUT2D eigenvalue weighted by molar-refractivity contribution is -0.144. The van der Waals surface area contributed by atoms with Crippen molar-refractivity contribution < 1.29 is 138 Å². The zero-order chi connectivity index (χ0) is 78.6. The number of carboxylic acid groups (broad SMARTS) is 1. The number of carboxylic acids is 1. The van der Waals surface area contributed by atoms with Crippen LogP contribution >= 0.6 is 23.2 Å². The van der Waals surface area contributed by atoms with Crippen LogP contribution in [-0.4, -0.2) is 365 Å². The lowest BCUT2D eigenvalue weighted by atomic mass is 9.81. The van der Waals surface area contributed by atoms with E-state index in [2.05, 4.69) is 16.0 Å². The molecule has 0 unspecified atom stereocenters. The molecule has 33 nitrogen and oxygen atoms in total. The maximum absolute atomic E-state index is 13.7. The highest BCUT2D eigenvalue weighted by Crippen LogP contribution is 2.41. The summed E-state index contributed by atoms with van der Waals surface area (Å²) in [5.74, 6) is -2.21. The zero-order valence-corrected chi connectivity index (χ0v) is 66.1. The Morgan fingerprint density at radius 1 is 0.373 bits per heavy atom. The van der Waals surface area contributed by atoms with Crippen molar-refractivity contribution in [3.05, 3.63) is 63.6 Å². The smallest absolute Gasteiger partial charge is 0.326 e. The van der Waals surface area contributed by atoms with Gasteiger partial charge in [0.05, 0.1) is 338 Å². The molecule has 110 heavy (non-hydrogen) atoms. The van der Waals surface area contributed by atoms with Crippen molar-refractivity contribution in [2.45, 2.75) is 51.0 Å². The van der Waals surface area contributed by atoms with E-state index in [1.165, 1.54) is 0 Å². The molecule has 0 aliphatic heterocycles. The number of hydrogen-bond donors (Lipinski definition) is 5. The van der Waals surface area contributed by atoms with Crippen LogP contribution < -0.4 is 21.7 Å². The molecular weight excluding hydrogens is 1490 g/mol. The van der Waals surface area contributed by atoms with E-state index in [-0.39, 0.29) is 53.4 Å². The maximum Gasteiger partial charge on any atom is 0.326 e. The molecule has 2 aromatic rings. The number of ether oxygens (including phenoxy) is 24. The van der Waals surface area contributed by atoms with Crippen LogP contribution in [0.2, 0.25) is 10.0 Å². The standard InChI is InChI=1S/C75H128Cl2N4O29/c76-67-4-3-5-68(77)71(67)72(83)80-66-8-6-65(7-9-66)64-69(73(84)85)81-74(86)75(11-1-2-12-75)13-15-79-70(82)10-16-87-18-20-89-22-24-91-26-28-93-30-32-95-34-36-97-38-40-99-42-44-101-46-48-103-50-52-105-54-56-107-58-60-109-62-63-110-61-59-108-57-55-106-53-51-104-49-47-102-45-43-100-41-39-98-37-35-96-33-31-94-29-27-92-25-23-90-21-19-88-17-14-78/h3-9,69H,1-2,10-64,78H2,(H,79,82)(H,80,83)(H,81,86)(H,84,85)/t69-/m0/s1. The number of amides is 3. The Balaban J connectivity index is 0.911. The molecule has 0 bridgehead atoms. The quantitative estimate of drug-likeness (QED) is 0.0580. The predicted molar refractivity (Wildman–Crippen MR) is 406 cm³/mol. The number of benzene rings is 2. The first-order chi connectivity index (χ1) is 54.1. The average Bonchev–Trinajstić information content (AvgIpc) is 1.56. The van der Waals surface area contributed by atoms with E-state index >= 15 is 0 Å². The fraction of sp³-hybridized carbons (Fsp3) is 0.787. The van der Waals surface area contributed by atoms with Crippen molar-refractivity contribution >= 4 is 52.6 Å². The molecule has 0 saturated heterocycles. The van der Waals surface area contributed by atoms with Crippen LogP contribution in [0.3, 0.4) is 0 Å². The van der Waals surface area contributed by atoms with Crippen molar-refractivity contribution in [2.75, 3.05) is 336 Å². The minimum atomic E-state index is -1.18. The highest BCUT2D eigenvalue weighted by molar-refractivity contribution is 6.40. The van der Waals surface area contributed by atoms with Crippen molar-refractivity contribution in [2.24, 2.45) is 11.1 Å². The first-order valence-electron chi connectivity index (χ1n) is 38.4. The number of rotatable bonds is 84. The Kier molecular flexibility index (Phi) is 68.2. The number of aliphatic carboxylic acids is 1. The molecule has 1 atom stereocenters. The van der Waals surface area contributed by atoms with E-state index in [0.717, 1.165) is 12.8 Å². The largest absolute Gasteiger partial charge is 0.480 e. The van der Waals surface area contributed by atoms with Gasteiger partial charge in [0.25, 0.3) is 5.91 Å². The van der Waals surface area contributed by atoms with Gasteiger partial charge in [-0.05, 0) is 49.1 Å². The monoisotopic (exact) mass is 1620 g/mol. The minimum absolute atomic E-state index is 0.0265. The predicted octanol–water partition coefficient (Wildman–Crippen LogP) is 4.17. The number of halogens is 2. The highest BCUT2D eigenvalue weighted by Gasteiger charge is 2.42. The zero-order valence-electron chi connectivity index (χ0n) is 64.6. The van der Waals surface area contributed by atoms with Crippen LogP contribution in [0.5, 0.6) is 0 Å². The van der Waals surface area contributed by atoms with Crippen LogP contribution in [-0.2, 0) is 134 Å². The van der Waals surface area contributed by atoms with Gasteiger partial charge in [-0.3, -0.25) is 14.4 Å². The Morgan fingerprint density at radius 2 is 0.627 bits per heavy atom. The molecule has 3 amide bonds. The number of carbonyl (C=O) groups excluding carboxylic acids is 3. The number of carbonyl (C=O) groups is 4. The van der Waals surface area contributed by atoms with Crippen LogP contribution in [0.25, 0.3) is 0 Å². The molecule has 35 heteroatoms. The summed E-state index contributed by atoms with van der Waals surface area (Å²) < 4.78 is 132. The van der Waals surface area contributed by atoms with Crippen LogP contribution in [0, 0.1) is 5.41 Å². The first-order valence-corrected chi connectivity index (χ1v) is 39.1. The number of anilines is 1. The second-order valence-corrected chi connectivity index (χ2v) is 25.0. The topological polar surface area (TPSA) is 372 Å². The van der Waals surface area contributed by atoms with Crippen LogP contribution in [0.4, 0.5) is 5.69 Å². The summed E-state index contributed by atoms with van der Waals surface area (Å²) in [5.41, 5.74) is 5.81. The molecule has 1 aliphatic carbocycles. The molecule has 2 aromatic carbocycles. The first kappa shape index (κ1) is 100. The van der Waals surface area contributed by atoms with Gasteiger partial charge in [-0.2, -0.15) is 0 Å². The lowest BCUT2D eigenvalue weighted by Crippen LogP contribution is -2.49. The number of hydrogen-bond acceptors (Lipinski definition) is 29. The summed E-state index contributed by atoms with van der Waals surface area (Å²) in [4.78, 5) is 51.4. The summed E-state index contributed by atoms with van der Waals surface area (Å²) in [7, 11) is 0. The average molecular weight is 1620 g/mol. The van der Waals surface area contributed by atoms with E-state index in [9.17, 15) is 24.3 Å². The number of nitrogens with two attached hydrogens (primary N) is 1. The molecule has 1 aliphatic rings. The molecule has 1 saturated carbocycles. The Hall–Kier alpha value is -4.10.